The molecule has 3 N–H and O–H groups in total. The number of rotatable bonds is 9. The van der Waals surface area contributed by atoms with Gasteiger partial charge in [0.05, 0.1) is 13.2 Å². The molecule has 1 saturated carbocycles. The minimum absolute atomic E-state index is 0.0427. The number of benzene rings is 1. The van der Waals surface area contributed by atoms with Crippen LogP contribution in [0.2, 0.25) is 0 Å². The third-order valence-electron chi connectivity index (χ3n) is 4.57. The van der Waals surface area contributed by atoms with E-state index in [0.29, 0.717) is 25.6 Å². The van der Waals surface area contributed by atoms with Crippen molar-refractivity contribution in [1.82, 2.24) is 15.5 Å². The zero-order valence-electron chi connectivity index (χ0n) is 18.1. The number of nitrogens with one attached hydrogen (secondary N) is 2. The van der Waals surface area contributed by atoms with Gasteiger partial charge in [-0.05, 0) is 46.1 Å². The highest BCUT2D eigenvalue weighted by molar-refractivity contribution is 5.79. The number of carbonyl (C=O) groups excluding carboxylic acids is 1. The number of aliphatic imine (C=N–C) groups is 1. The van der Waals surface area contributed by atoms with E-state index in [-0.39, 0.29) is 24.7 Å². The molecule has 1 aliphatic carbocycles. The van der Waals surface area contributed by atoms with Crippen molar-refractivity contribution in [1.29, 1.82) is 0 Å². The van der Waals surface area contributed by atoms with Crippen LogP contribution in [0.4, 0.5) is 4.79 Å². The van der Waals surface area contributed by atoms with Gasteiger partial charge in [-0.25, -0.2) is 4.79 Å². The van der Waals surface area contributed by atoms with Crippen molar-refractivity contribution in [2.45, 2.75) is 58.1 Å². The van der Waals surface area contributed by atoms with Crippen LogP contribution in [-0.2, 0) is 4.74 Å². The van der Waals surface area contributed by atoms with Crippen molar-refractivity contribution < 1.29 is 14.6 Å². The summed E-state index contributed by atoms with van der Waals surface area (Å²) in [6.45, 7) is 10.1. The van der Waals surface area contributed by atoms with E-state index in [1.807, 2.05) is 62.9 Å². The van der Waals surface area contributed by atoms with Gasteiger partial charge in [0.1, 0.15) is 5.60 Å². The SMILES string of the molecule is CCNC(=NCC(CO)c1ccccc1)NCCN(C(=O)OC(C)(C)C)C1CC1. The molecule has 2 rings (SSSR count). The molecule has 7 nitrogen and oxygen atoms in total. The van der Waals surface area contributed by atoms with E-state index in [1.54, 1.807) is 0 Å². The first-order valence-corrected chi connectivity index (χ1v) is 10.5. The van der Waals surface area contributed by atoms with Crippen LogP contribution < -0.4 is 10.6 Å². The monoisotopic (exact) mass is 404 g/mol. The zero-order chi connectivity index (χ0) is 21.3. The zero-order valence-corrected chi connectivity index (χ0v) is 18.1. The molecule has 162 valence electrons. The second-order valence-electron chi connectivity index (χ2n) is 8.34. The van der Waals surface area contributed by atoms with Crippen LogP contribution in [-0.4, -0.2) is 66.5 Å². The molecule has 0 saturated heterocycles. The summed E-state index contributed by atoms with van der Waals surface area (Å²) >= 11 is 0. The van der Waals surface area contributed by atoms with E-state index in [1.165, 1.54) is 0 Å². The fourth-order valence-electron chi connectivity index (χ4n) is 2.96. The molecule has 0 radical (unpaired) electrons. The van der Waals surface area contributed by atoms with Crippen molar-refractivity contribution in [3.63, 3.8) is 0 Å². The van der Waals surface area contributed by atoms with Gasteiger partial charge in [-0.3, -0.25) is 4.99 Å². The third kappa shape index (κ3) is 8.31. The molecule has 1 amide bonds. The molecule has 0 aromatic heterocycles. The Bertz CT molecular complexity index is 654. The molecule has 1 unspecified atom stereocenters. The molecule has 0 heterocycles. The van der Waals surface area contributed by atoms with Gasteiger partial charge in [0, 0.05) is 31.6 Å². The van der Waals surface area contributed by atoms with Gasteiger partial charge in [-0.1, -0.05) is 30.3 Å². The average Bonchev–Trinajstić information content (AvgIpc) is 3.50. The lowest BCUT2D eigenvalue weighted by atomic mass is 10.0. The lowest BCUT2D eigenvalue weighted by Gasteiger charge is -2.27. The summed E-state index contributed by atoms with van der Waals surface area (Å²) in [6.07, 6.45) is 1.80. The number of hydrogen-bond donors (Lipinski definition) is 3. The first-order valence-electron chi connectivity index (χ1n) is 10.5. The van der Waals surface area contributed by atoms with Crippen LogP contribution in [0.1, 0.15) is 52.0 Å². The molecular formula is C22H36N4O3. The highest BCUT2D eigenvalue weighted by atomic mass is 16.6. The van der Waals surface area contributed by atoms with E-state index < -0.39 is 5.60 Å². The molecule has 1 atom stereocenters. The summed E-state index contributed by atoms with van der Waals surface area (Å²) in [6, 6.07) is 10.2. The number of carbonyl (C=O) groups is 1. The smallest absolute Gasteiger partial charge is 0.410 e. The van der Waals surface area contributed by atoms with Crippen LogP contribution >= 0.6 is 0 Å². The first-order chi connectivity index (χ1) is 13.8. The van der Waals surface area contributed by atoms with Gasteiger partial charge in [-0.15, -0.1) is 0 Å². The quantitative estimate of drug-likeness (QED) is 0.435. The third-order valence-corrected chi connectivity index (χ3v) is 4.57. The molecule has 1 aromatic rings. The maximum atomic E-state index is 12.5. The lowest BCUT2D eigenvalue weighted by Crippen LogP contribution is -2.45. The van der Waals surface area contributed by atoms with Gasteiger partial charge in [-0.2, -0.15) is 0 Å². The summed E-state index contributed by atoms with van der Waals surface area (Å²) < 4.78 is 5.53. The summed E-state index contributed by atoms with van der Waals surface area (Å²) in [7, 11) is 0. The minimum Gasteiger partial charge on any atom is -0.444 e. The van der Waals surface area contributed by atoms with E-state index in [2.05, 4.69) is 15.6 Å². The molecule has 1 aliphatic rings. The van der Waals surface area contributed by atoms with Crippen molar-refractivity contribution in [2.24, 2.45) is 4.99 Å². The predicted molar refractivity (Wildman–Crippen MR) is 116 cm³/mol. The Labute approximate surface area is 174 Å². The topological polar surface area (TPSA) is 86.2 Å². The number of guanidine groups is 1. The van der Waals surface area contributed by atoms with Crippen LogP contribution in [0.15, 0.2) is 35.3 Å². The highest BCUT2D eigenvalue weighted by Gasteiger charge is 2.34. The van der Waals surface area contributed by atoms with Gasteiger partial charge in [0.2, 0.25) is 0 Å². The number of aliphatic hydroxyl groups excluding tert-OH is 1. The number of hydrogen-bond acceptors (Lipinski definition) is 4. The number of aliphatic hydroxyl groups is 1. The van der Waals surface area contributed by atoms with Crippen molar-refractivity contribution in [3.05, 3.63) is 35.9 Å². The molecule has 29 heavy (non-hydrogen) atoms. The minimum atomic E-state index is -0.495. The van der Waals surface area contributed by atoms with E-state index in [0.717, 1.165) is 24.9 Å². The van der Waals surface area contributed by atoms with Gasteiger partial charge in [0.25, 0.3) is 0 Å². The second-order valence-corrected chi connectivity index (χ2v) is 8.34. The van der Waals surface area contributed by atoms with E-state index in [9.17, 15) is 9.90 Å². The number of ether oxygens (including phenoxy) is 1. The van der Waals surface area contributed by atoms with Crippen LogP contribution in [0.3, 0.4) is 0 Å². The predicted octanol–water partition coefficient (Wildman–Crippen LogP) is 2.72. The van der Waals surface area contributed by atoms with Gasteiger partial charge in [0.15, 0.2) is 5.96 Å². The molecular weight excluding hydrogens is 368 g/mol. The average molecular weight is 405 g/mol. The van der Waals surface area contributed by atoms with Crippen LogP contribution in [0, 0.1) is 0 Å². The number of nitrogens with zero attached hydrogens (tertiary/aromatic N) is 2. The Morgan fingerprint density at radius 1 is 1.28 bits per heavy atom. The van der Waals surface area contributed by atoms with Crippen LogP contribution in [0.25, 0.3) is 0 Å². The Hall–Kier alpha value is -2.28. The van der Waals surface area contributed by atoms with E-state index >= 15 is 0 Å². The Balaban J connectivity index is 1.90. The maximum Gasteiger partial charge on any atom is 0.410 e. The largest absolute Gasteiger partial charge is 0.444 e. The first kappa shape index (κ1) is 23.0. The number of amides is 1. The molecule has 0 spiro atoms. The van der Waals surface area contributed by atoms with Crippen molar-refractivity contribution >= 4 is 12.1 Å². The lowest BCUT2D eigenvalue weighted by molar-refractivity contribution is 0.0238. The molecule has 7 heteroatoms. The fraction of sp³-hybridized carbons (Fsp3) is 0.636. The highest BCUT2D eigenvalue weighted by Crippen LogP contribution is 2.28. The van der Waals surface area contributed by atoms with Gasteiger partial charge < -0.3 is 25.4 Å². The standard InChI is InChI=1S/C22H36N4O3/c1-5-23-20(25-15-18(16-27)17-9-7-6-8-10-17)24-13-14-26(19-11-12-19)21(28)29-22(2,3)4/h6-10,18-19,27H,5,11-16H2,1-4H3,(H2,23,24,25). The van der Waals surface area contributed by atoms with Crippen LogP contribution in [0.5, 0.6) is 0 Å². The maximum absolute atomic E-state index is 12.5. The summed E-state index contributed by atoms with van der Waals surface area (Å²) in [5.74, 6) is 0.637. The summed E-state index contributed by atoms with van der Waals surface area (Å²) in [5, 5.41) is 16.2. The summed E-state index contributed by atoms with van der Waals surface area (Å²) in [4.78, 5) is 18.9. The molecule has 0 bridgehead atoms. The Morgan fingerprint density at radius 2 is 1.97 bits per heavy atom. The van der Waals surface area contributed by atoms with Crippen molar-refractivity contribution in [3.8, 4) is 0 Å². The Morgan fingerprint density at radius 3 is 2.52 bits per heavy atom. The molecule has 0 aliphatic heterocycles. The Kier molecular flexibility index (Phi) is 8.76. The summed E-state index contributed by atoms with van der Waals surface area (Å²) in [5.41, 5.74) is 0.574. The normalized spacial score (nSPS) is 15.6. The van der Waals surface area contributed by atoms with Crippen molar-refractivity contribution in [2.75, 3.05) is 32.8 Å². The molecule has 1 aromatic carbocycles. The van der Waals surface area contributed by atoms with E-state index in [4.69, 9.17) is 4.74 Å². The van der Waals surface area contributed by atoms with Gasteiger partial charge >= 0.3 is 6.09 Å². The molecule has 1 fully saturated rings. The second kappa shape index (κ2) is 11.0. The fourth-order valence-corrected chi connectivity index (χ4v) is 2.96.